The third kappa shape index (κ3) is 6.40. The van der Waals surface area contributed by atoms with Crippen LogP contribution >= 0.6 is 0 Å². The van der Waals surface area contributed by atoms with E-state index in [-0.39, 0.29) is 18.4 Å². The number of hydrogen-bond donors (Lipinski definition) is 3. The van der Waals surface area contributed by atoms with Crippen LogP contribution in [0.3, 0.4) is 0 Å². The number of primary amides is 1. The first-order valence-electron chi connectivity index (χ1n) is 5.64. The SMILES string of the molecule is CC(C)CNC(=O)CNC(C(N)=O)C(C)C. The molecular weight excluding hydrogens is 206 g/mol. The highest BCUT2D eigenvalue weighted by molar-refractivity contribution is 5.82. The van der Waals surface area contributed by atoms with E-state index in [0.29, 0.717) is 12.5 Å². The van der Waals surface area contributed by atoms with Gasteiger partial charge in [0, 0.05) is 6.54 Å². The molecule has 1 atom stereocenters. The zero-order chi connectivity index (χ0) is 12.7. The highest BCUT2D eigenvalue weighted by Crippen LogP contribution is 1.99. The summed E-state index contributed by atoms with van der Waals surface area (Å²) in [5, 5.41) is 5.62. The van der Waals surface area contributed by atoms with E-state index in [1.807, 2.05) is 27.7 Å². The number of amides is 2. The molecule has 0 saturated heterocycles. The summed E-state index contributed by atoms with van der Waals surface area (Å²) >= 11 is 0. The quantitative estimate of drug-likeness (QED) is 0.568. The Balaban J connectivity index is 3.93. The first-order chi connectivity index (χ1) is 7.34. The molecule has 0 aliphatic carbocycles. The molecule has 4 N–H and O–H groups in total. The normalized spacial score (nSPS) is 12.9. The summed E-state index contributed by atoms with van der Waals surface area (Å²) in [5.74, 6) is -0.0383. The summed E-state index contributed by atoms with van der Waals surface area (Å²) in [6.45, 7) is 8.58. The van der Waals surface area contributed by atoms with Crippen LogP contribution < -0.4 is 16.4 Å². The van der Waals surface area contributed by atoms with Crippen LogP contribution in [-0.2, 0) is 9.59 Å². The highest BCUT2D eigenvalue weighted by Gasteiger charge is 2.19. The van der Waals surface area contributed by atoms with Gasteiger partial charge in [-0.05, 0) is 11.8 Å². The fraction of sp³-hybridized carbons (Fsp3) is 0.818. The van der Waals surface area contributed by atoms with E-state index >= 15 is 0 Å². The first kappa shape index (κ1) is 14.9. The van der Waals surface area contributed by atoms with Gasteiger partial charge in [-0.1, -0.05) is 27.7 Å². The summed E-state index contributed by atoms with van der Waals surface area (Å²) in [4.78, 5) is 22.4. The number of hydrogen-bond acceptors (Lipinski definition) is 3. The van der Waals surface area contributed by atoms with Crippen molar-refractivity contribution < 1.29 is 9.59 Å². The molecule has 0 aliphatic heterocycles. The van der Waals surface area contributed by atoms with Crippen molar-refractivity contribution in [3.63, 3.8) is 0 Å². The minimum Gasteiger partial charge on any atom is -0.368 e. The van der Waals surface area contributed by atoms with Crippen LogP contribution in [0.25, 0.3) is 0 Å². The Hall–Kier alpha value is -1.10. The Morgan fingerprint density at radius 3 is 2.12 bits per heavy atom. The van der Waals surface area contributed by atoms with Gasteiger partial charge in [0.2, 0.25) is 11.8 Å². The van der Waals surface area contributed by atoms with Crippen molar-refractivity contribution in [3.8, 4) is 0 Å². The van der Waals surface area contributed by atoms with Crippen molar-refractivity contribution in [2.45, 2.75) is 33.7 Å². The minimum atomic E-state index is -0.454. The molecule has 94 valence electrons. The molecule has 0 aromatic carbocycles. The molecule has 2 amide bonds. The summed E-state index contributed by atoms with van der Waals surface area (Å²) in [6, 6.07) is -0.454. The Kier molecular flexibility index (Phi) is 6.72. The van der Waals surface area contributed by atoms with Crippen LogP contribution in [-0.4, -0.2) is 30.9 Å². The predicted molar refractivity (Wildman–Crippen MR) is 63.7 cm³/mol. The number of carbonyl (C=O) groups excluding carboxylic acids is 2. The number of rotatable bonds is 7. The number of carbonyl (C=O) groups is 2. The lowest BCUT2D eigenvalue weighted by Gasteiger charge is -2.18. The second-order valence-electron chi connectivity index (χ2n) is 4.70. The van der Waals surface area contributed by atoms with E-state index in [0.717, 1.165) is 0 Å². The molecule has 0 spiro atoms. The monoisotopic (exact) mass is 229 g/mol. The number of nitrogens with two attached hydrogens (primary N) is 1. The van der Waals surface area contributed by atoms with Gasteiger partial charge in [0.15, 0.2) is 0 Å². The lowest BCUT2D eigenvalue weighted by molar-refractivity contribution is -0.122. The fourth-order valence-corrected chi connectivity index (χ4v) is 1.25. The van der Waals surface area contributed by atoms with Crippen LogP contribution in [0.4, 0.5) is 0 Å². The van der Waals surface area contributed by atoms with Crippen molar-refractivity contribution >= 4 is 11.8 Å². The lowest BCUT2D eigenvalue weighted by Crippen LogP contribution is -2.48. The third-order valence-corrected chi connectivity index (χ3v) is 2.16. The molecule has 0 aromatic rings. The van der Waals surface area contributed by atoms with Crippen molar-refractivity contribution in [1.29, 1.82) is 0 Å². The molecule has 0 fully saturated rings. The first-order valence-corrected chi connectivity index (χ1v) is 5.64. The van der Waals surface area contributed by atoms with Crippen molar-refractivity contribution in [2.24, 2.45) is 17.6 Å². The second kappa shape index (κ2) is 7.22. The van der Waals surface area contributed by atoms with Crippen LogP contribution in [0.5, 0.6) is 0 Å². The van der Waals surface area contributed by atoms with Crippen molar-refractivity contribution in [2.75, 3.05) is 13.1 Å². The van der Waals surface area contributed by atoms with Gasteiger partial charge in [-0.2, -0.15) is 0 Å². The average molecular weight is 229 g/mol. The predicted octanol–water partition coefficient (Wildman–Crippen LogP) is -0.142. The maximum atomic E-state index is 11.4. The van der Waals surface area contributed by atoms with Crippen molar-refractivity contribution in [1.82, 2.24) is 10.6 Å². The van der Waals surface area contributed by atoms with Gasteiger partial charge in [-0.25, -0.2) is 0 Å². The summed E-state index contributed by atoms with van der Waals surface area (Å²) < 4.78 is 0. The Bertz CT molecular complexity index is 239. The van der Waals surface area contributed by atoms with E-state index in [2.05, 4.69) is 10.6 Å². The largest absolute Gasteiger partial charge is 0.368 e. The fourth-order valence-electron chi connectivity index (χ4n) is 1.25. The third-order valence-electron chi connectivity index (χ3n) is 2.16. The van der Waals surface area contributed by atoms with Gasteiger partial charge >= 0.3 is 0 Å². The van der Waals surface area contributed by atoms with Crippen LogP contribution in [0.2, 0.25) is 0 Å². The van der Waals surface area contributed by atoms with Crippen LogP contribution in [0, 0.1) is 11.8 Å². The van der Waals surface area contributed by atoms with Gasteiger partial charge in [-0.3, -0.25) is 14.9 Å². The molecule has 0 radical (unpaired) electrons. The molecule has 5 heteroatoms. The Labute approximate surface area is 97.2 Å². The molecule has 0 aromatic heterocycles. The van der Waals surface area contributed by atoms with Crippen LogP contribution in [0.1, 0.15) is 27.7 Å². The van der Waals surface area contributed by atoms with E-state index < -0.39 is 11.9 Å². The molecule has 0 saturated carbocycles. The topological polar surface area (TPSA) is 84.2 Å². The molecule has 16 heavy (non-hydrogen) atoms. The highest BCUT2D eigenvalue weighted by atomic mass is 16.2. The molecule has 1 unspecified atom stereocenters. The van der Waals surface area contributed by atoms with Gasteiger partial charge < -0.3 is 11.1 Å². The smallest absolute Gasteiger partial charge is 0.234 e. The van der Waals surface area contributed by atoms with E-state index in [9.17, 15) is 9.59 Å². The lowest BCUT2D eigenvalue weighted by atomic mass is 10.0. The Morgan fingerprint density at radius 1 is 1.19 bits per heavy atom. The molecule has 5 nitrogen and oxygen atoms in total. The maximum Gasteiger partial charge on any atom is 0.234 e. The number of nitrogens with one attached hydrogen (secondary N) is 2. The standard InChI is InChI=1S/C11H23N3O2/c1-7(2)5-13-9(15)6-14-10(8(3)4)11(12)16/h7-8,10,14H,5-6H2,1-4H3,(H2,12,16)(H,13,15). The zero-order valence-electron chi connectivity index (χ0n) is 10.5. The molecule has 0 aliphatic rings. The van der Waals surface area contributed by atoms with Gasteiger partial charge in [0.05, 0.1) is 12.6 Å². The van der Waals surface area contributed by atoms with Gasteiger partial charge in [-0.15, -0.1) is 0 Å². The van der Waals surface area contributed by atoms with E-state index in [1.165, 1.54) is 0 Å². The summed E-state index contributed by atoms with van der Waals surface area (Å²) in [7, 11) is 0. The average Bonchev–Trinajstić information content (AvgIpc) is 2.13. The van der Waals surface area contributed by atoms with Gasteiger partial charge in [0.1, 0.15) is 0 Å². The molecule has 0 heterocycles. The van der Waals surface area contributed by atoms with Crippen LogP contribution in [0.15, 0.2) is 0 Å². The minimum absolute atomic E-state index is 0.0791. The second-order valence-corrected chi connectivity index (χ2v) is 4.70. The van der Waals surface area contributed by atoms with Crippen molar-refractivity contribution in [3.05, 3.63) is 0 Å². The molecule has 0 rings (SSSR count). The molecule has 0 bridgehead atoms. The van der Waals surface area contributed by atoms with E-state index in [4.69, 9.17) is 5.73 Å². The zero-order valence-corrected chi connectivity index (χ0v) is 10.5. The summed E-state index contributed by atoms with van der Waals surface area (Å²) in [6.07, 6.45) is 0. The van der Waals surface area contributed by atoms with Gasteiger partial charge in [0.25, 0.3) is 0 Å². The Morgan fingerprint density at radius 2 is 1.75 bits per heavy atom. The van der Waals surface area contributed by atoms with E-state index in [1.54, 1.807) is 0 Å². The summed E-state index contributed by atoms with van der Waals surface area (Å²) in [5.41, 5.74) is 5.21. The maximum absolute atomic E-state index is 11.4. The molecular formula is C11H23N3O2.